The van der Waals surface area contributed by atoms with E-state index in [1.165, 1.54) is 0 Å². The van der Waals surface area contributed by atoms with E-state index in [9.17, 15) is 14.7 Å². The second kappa shape index (κ2) is 9.15. The fourth-order valence-corrected chi connectivity index (χ4v) is 2.07. The Morgan fingerprint density at radius 2 is 1.91 bits per heavy atom. The highest BCUT2D eigenvalue weighted by atomic mass is 16.4. The molecule has 0 spiro atoms. The second-order valence-electron chi connectivity index (χ2n) is 5.92. The topological polar surface area (TPSA) is 89.9 Å². The predicted molar refractivity (Wildman–Crippen MR) is 88.0 cm³/mol. The van der Waals surface area contributed by atoms with Crippen LogP contribution in [0, 0.1) is 0 Å². The number of rotatable bonds is 9. The molecular weight excluding hydrogens is 296 g/mol. The Kier molecular flexibility index (Phi) is 7.54. The lowest BCUT2D eigenvalue weighted by atomic mass is 10.0. The molecule has 1 rings (SSSR count). The number of urea groups is 1. The van der Waals surface area contributed by atoms with Crippen molar-refractivity contribution in [1.29, 1.82) is 0 Å². The van der Waals surface area contributed by atoms with Crippen LogP contribution in [-0.2, 0) is 11.3 Å². The summed E-state index contributed by atoms with van der Waals surface area (Å²) in [6.07, 6.45) is 0.931. The van der Waals surface area contributed by atoms with Gasteiger partial charge in [-0.05, 0) is 25.3 Å². The first-order valence-corrected chi connectivity index (χ1v) is 7.85. The maximum absolute atomic E-state index is 12.3. The fourth-order valence-electron chi connectivity index (χ4n) is 2.07. The van der Waals surface area contributed by atoms with Gasteiger partial charge in [0, 0.05) is 19.5 Å². The lowest BCUT2D eigenvalue weighted by Crippen LogP contribution is -2.47. The number of carboxylic acids is 1. The zero-order valence-electron chi connectivity index (χ0n) is 13.8. The van der Waals surface area contributed by atoms with Crippen LogP contribution in [-0.4, -0.2) is 45.8 Å². The summed E-state index contributed by atoms with van der Waals surface area (Å²) < 4.78 is 0. The number of nitrogens with one attached hydrogen (secondary N) is 1. The monoisotopic (exact) mass is 322 g/mol. The van der Waals surface area contributed by atoms with Crippen molar-refractivity contribution in [3.8, 4) is 0 Å². The molecule has 0 heterocycles. The van der Waals surface area contributed by atoms with E-state index in [1.807, 2.05) is 37.3 Å². The van der Waals surface area contributed by atoms with Gasteiger partial charge >= 0.3 is 12.0 Å². The Balaban J connectivity index is 2.66. The number of hydrogen-bond acceptors (Lipinski definition) is 3. The predicted octanol–water partition coefficient (Wildman–Crippen LogP) is 2.22. The van der Waals surface area contributed by atoms with Gasteiger partial charge in [-0.15, -0.1) is 0 Å². The van der Waals surface area contributed by atoms with Crippen LogP contribution in [0.25, 0.3) is 0 Å². The molecule has 3 N–H and O–H groups in total. The molecule has 23 heavy (non-hydrogen) atoms. The zero-order chi connectivity index (χ0) is 17.3. The van der Waals surface area contributed by atoms with Gasteiger partial charge in [-0.25, -0.2) is 4.79 Å². The number of carbonyl (C=O) groups is 2. The van der Waals surface area contributed by atoms with E-state index in [4.69, 9.17) is 5.11 Å². The van der Waals surface area contributed by atoms with Crippen LogP contribution >= 0.6 is 0 Å². The molecule has 0 aliphatic rings. The number of carbonyl (C=O) groups excluding carboxylic acids is 1. The minimum Gasteiger partial charge on any atom is -0.481 e. The van der Waals surface area contributed by atoms with Gasteiger partial charge in [0.2, 0.25) is 0 Å². The fraction of sp³-hybridized carbons (Fsp3) is 0.529. The smallest absolute Gasteiger partial charge is 0.317 e. The number of aliphatic carboxylic acids is 1. The number of amides is 2. The van der Waals surface area contributed by atoms with Crippen molar-refractivity contribution in [2.24, 2.45) is 0 Å². The van der Waals surface area contributed by atoms with E-state index in [0.717, 1.165) is 5.56 Å². The molecule has 0 fully saturated rings. The maximum Gasteiger partial charge on any atom is 0.317 e. The Bertz CT molecular complexity index is 503. The molecule has 1 aromatic carbocycles. The summed E-state index contributed by atoms with van der Waals surface area (Å²) in [6.45, 7) is 4.46. The maximum atomic E-state index is 12.3. The van der Waals surface area contributed by atoms with E-state index >= 15 is 0 Å². The molecule has 1 atom stereocenters. The van der Waals surface area contributed by atoms with Crippen LogP contribution in [0.15, 0.2) is 30.3 Å². The molecule has 0 saturated heterocycles. The Morgan fingerprint density at radius 3 is 2.48 bits per heavy atom. The van der Waals surface area contributed by atoms with Crippen LogP contribution in [0.4, 0.5) is 4.79 Å². The van der Waals surface area contributed by atoms with E-state index in [-0.39, 0.29) is 19.0 Å². The van der Waals surface area contributed by atoms with E-state index in [1.54, 1.807) is 11.8 Å². The van der Waals surface area contributed by atoms with Gasteiger partial charge < -0.3 is 20.4 Å². The average Bonchev–Trinajstić information content (AvgIpc) is 2.51. The van der Waals surface area contributed by atoms with Crippen molar-refractivity contribution in [3.63, 3.8) is 0 Å². The van der Waals surface area contributed by atoms with Gasteiger partial charge in [0.05, 0.1) is 12.1 Å². The van der Waals surface area contributed by atoms with Crippen molar-refractivity contribution in [2.75, 3.05) is 13.1 Å². The summed E-state index contributed by atoms with van der Waals surface area (Å²) >= 11 is 0. The van der Waals surface area contributed by atoms with Crippen molar-refractivity contribution in [2.45, 2.75) is 45.3 Å². The molecule has 0 aromatic heterocycles. The van der Waals surface area contributed by atoms with E-state index in [2.05, 4.69) is 5.32 Å². The lowest BCUT2D eigenvalue weighted by Gasteiger charge is -2.31. The Labute approximate surface area is 137 Å². The number of aliphatic hydroxyl groups is 1. The quantitative estimate of drug-likeness (QED) is 0.608. The molecule has 2 amide bonds. The molecule has 0 aliphatic heterocycles. The third kappa shape index (κ3) is 7.65. The first-order chi connectivity index (χ1) is 10.8. The summed E-state index contributed by atoms with van der Waals surface area (Å²) in [5.41, 5.74) is 0.00721. The zero-order valence-corrected chi connectivity index (χ0v) is 13.8. The number of carboxylic acid groups (broad SMARTS) is 1. The van der Waals surface area contributed by atoms with Gasteiger partial charge in [-0.1, -0.05) is 37.3 Å². The van der Waals surface area contributed by atoms with Gasteiger partial charge in [0.15, 0.2) is 0 Å². The second-order valence-corrected chi connectivity index (χ2v) is 5.92. The van der Waals surface area contributed by atoms with Gasteiger partial charge in [0.1, 0.15) is 0 Å². The summed E-state index contributed by atoms with van der Waals surface area (Å²) in [7, 11) is 0. The van der Waals surface area contributed by atoms with E-state index in [0.29, 0.717) is 25.9 Å². The summed E-state index contributed by atoms with van der Waals surface area (Å²) in [4.78, 5) is 24.4. The third-order valence-corrected chi connectivity index (χ3v) is 3.64. The average molecular weight is 322 g/mol. The van der Waals surface area contributed by atoms with Crippen LogP contribution in [0.1, 0.15) is 38.7 Å². The van der Waals surface area contributed by atoms with Gasteiger partial charge in [0.25, 0.3) is 0 Å². The first kappa shape index (κ1) is 19.0. The molecule has 0 bridgehead atoms. The van der Waals surface area contributed by atoms with Gasteiger partial charge in [-0.2, -0.15) is 0 Å². The molecule has 6 nitrogen and oxygen atoms in total. The number of nitrogens with zero attached hydrogens (tertiary/aromatic N) is 1. The van der Waals surface area contributed by atoms with Gasteiger partial charge in [-0.3, -0.25) is 4.79 Å². The standard InChI is InChI=1S/C17H26N2O4/c1-3-17(2,23)13-19(12-14-8-5-4-6-9-14)16(22)18-11-7-10-15(20)21/h4-6,8-9,23H,3,7,10-13H2,1-2H3,(H,18,22)(H,20,21). The van der Waals surface area contributed by atoms with Crippen molar-refractivity contribution in [3.05, 3.63) is 35.9 Å². The summed E-state index contributed by atoms with van der Waals surface area (Å²) in [5, 5.41) is 21.6. The molecular formula is C17H26N2O4. The third-order valence-electron chi connectivity index (χ3n) is 3.64. The summed E-state index contributed by atoms with van der Waals surface area (Å²) in [5.74, 6) is -0.880. The summed E-state index contributed by atoms with van der Waals surface area (Å²) in [6, 6.07) is 9.25. The van der Waals surface area contributed by atoms with Crippen molar-refractivity contribution in [1.82, 2.24) is 10.2 Å². The van der Waals surface area contributed by atoms with Crippen molar-refractivity contribution < 1.29 is 19.8 Å². The highest BCUT2D eigenvalue weighted by Crippen LogP contribution is 2.14. The lowest BCUT2D eigenvalue weighted by molar-refractivity contribution is -0.137. The highest BCUT2D eigenvalue weighted by Gasteiger charge is 2.25. The molecule has 0 radical (unpaired) electrons. The SMILES string of the molecule is CCC(C)(O)CN(Cc1ccccc1)C(=O)NCCCC(=O)O. The van der Waals surface area contributed by atoms with E-state index < -0.39 is 11.6 Å². The molecule has 1 unspecified atom stereocenters. The minimum absolute atomic E-state index is 0.0195. The van der Waals surface area contributed by atoms with Crippen LogP contribution in [0.2, 0.25) is 0 Å². The number of hydrogen-bond donors (Lipinski definition) is 3. The van der Waals surface area contributed by atoms with Crippen LogP contribution in [0.5, 0.6) is 0 Å². The van der Waals surface area contributed by atoms with Crippen LogP contribution in [0.3, 0.4) is 0 Å². The first-order valence-electron chi connectivity index (χ1n) is 7.85. The largest absolute Gasteiger partial charge is 0.481 e. The Hall–Kier alpha value is -2.08. The number of benzene rings is 1. The van der Waals surface area contributed by atoms with Crippen LogP contribution < -0.4 is 5.32 Å². The van der Waals surface area contributed by atoms with Crippen molar-refractivity contribution >= 4 is 12.0 Å². The highest BCUT2D eigenvalue weighted by molar-refractivity contribution is 5.74. The molecule has 0 saturated carbocycles. The normalized spacial score (nSPS) is 13.2. The molecule has 128 valence electrons. The Morgan fingerprint density at radius 1 is 1.26 bits per heavy atom. The molecule has 1 aromatic rings. The minimum atomic E-state index is -0.965. The molecule has 0 aliphatic carbocycles. The molecule has 6 heteroatoms.